The van der Waals surface area contributed by atoms with Gasteiger partial charge in [0, 0.05) is 10.5 Å². The summed E-state index contributed by atoms with van der Waals surface area (Å²) in [5, 5.41) is 0.0227. The van der Waals surface area contributed by atoms with E-state index in [-0.39, 0.29) is 15.5 Å². The maximum absolute atomic E-state index is 12.6. The lowest BCUT2D eigenvalue weighted by atomic mass is 10.1. The van der Waals surface area contributed by atoms with E-state index in [1.807, 2.05) is 24.3 Å². The topological polar surface area (TPSA) is 72.5 Å². The molecule has 24 heavy (non-hydrogen) atoms. The number of carbonyl (C=O) groups excluding carboxylic acids is 1. The van der Waals surface area contributed by atoms with Crippen LogP contribution in [0.5, 0.6) is 0 Å². The minimum Gasteiger partial charge on any atom is -0.465 e. The van der Waals surface area contributed by atoms with Gasteiger partial charge >= 0.3 is 5.97 Å². The third-order valence-corrected chi connectivity index (χ3v) is 6.09. The quantitative estimate of drug-likeness (QED) is 0.727. The molecule has 2 aromatic carbocycles. The fraction of sp³-hybridized carbons (Fsp3) is 0.188. The normalized spacial score (nSPS) is 12.7. The lowest BCUT2D eigenvalue weighted by molar-refractivity contribution is 0.0600. The van der Waals surface area contributed by atoms with Crippen molar-refractivity contribution in [3.05, 3.63) is 63.1 Å². The Balaban J connectivity index is 2.37. The van der Waals surface area contributed by atoms with Crippen molar-refractivity contribution in [3.8, 4) is 0 Å². The van der Waals surface area contributed by atoms with E-state index in [9.17, 15) is 13.2 Å². The summed E-state index contributed by atoms with van der Waals surface area (Å²) in [5.74, 6) is -0.637. The van der Waals surface area contributed by atoms with E-state index in [0.717, 1.165) is 10.0 Å². The third kappa shape index (κ3) is 4.16. The Hall–Kier alpha value is -1.41. The average molecular weight is 433 g/mol. The smallest absolute Gasteiger partial charge is 0.337 e. The second-order valence-corrected chi connectivity index (χ2v) is 7.95. The van der Waals surface area contributed by atoms with Gasteiger partial charge < -0.3 is 4.74 Å². The van der Waals surface area contributed by atoms with Crippen LogP contribution in [-0.4, -0.2) is 21.5 Å². The first-order valence-corrected chi connectivity index (χ1v) is 9.56. The second-order valence-electron chi connectivity index (χ2n) is 5.00. The van der Waals surface area contributed by atoms with Crippen LogP contribution in [0, 0.1) is 0 Å². The van der Waals surface area contributed by atoms with Crippen LogP contribution in [0.2, 0.25) is 5.02 Å². The van der Waals surface area contributed by atoms with Crippen LogP contribution in [0.4, 0.5) is 0 Å². The summed E-state index contributed by atoms with van der Waals surface area (Å²) in [6.45, 7) is 1.72. The van der Waals surface area contributed by atoms with E-state index in [0.29, 0.717) is 0 Å². The van der Waals surface area contributed by atoms with Gasteiger partial charge in [-0.05, 0) is 36.8 Å². The number of nitrogens with one attached hydrogen (secondary N) is 1. The molecule has 0 saturated carbocycles. The summed E-state index contributed by atoms with van der Waals surface area (Å²) >= 11 is 9.40. The largest absolute Gasteiger partial charge is 0.465 e. The van der Waals surface area contributed by atoms with Gasteiger partial charge in [-0.25, -0.2) is 17.9 Å². The zero-order valence-electron chi connectivity index (χ0n) is 12.9. The summed E-state index contributed by atoms with van der Waals surface area (Å²) in [7, 11) is -2.71. The van der Waals surface area contributed by atoms with Crippen molar-refractivity contribution in [2.45, 2.75) is 17.9 Å². The highest BCUT2D eigenvalue weighted by atomic mass is 79.9. The van der Waals surface area contributed by atoms with Crippen molar-refractivity contribution >= 4 is 43.5 Å². The molecule has 0 aliphatic heterocycles. The van der Waals surface area contributed by atoms with Crippen LogP contribution >= 0.6 is 27.5 Å². The van der Waals surface area contributed by atoms with Gasteiger partial charge in [0.05, 0.1) is 17.7 Å². The minimum atomic E-state index is -3.93. The molecular formula is C16H15BrClNO4S. The Kier molecular flexibility index (Phi) is 6.03. The highest BCUT2D eigenvalue weighted by Crippen LogP contribution is 2.27. The van der Waals surface area contributed by atoms with Crippen LogP contribution in [0.15, 0.2) is 51.8 Å². The van der Waals surface area contributed by atoms with E-state index >= 15 is 0 Å². The van der Waals surface area contributed by atoms with Gasteiger partial charge in [0.2, 0.25) is 10.0 Å². The minimum absolute atomic E-state index is 0.0227. The molecule has 1 N–H and O–H groups in total. The zero-order chi connectivity index (χ0) is 17.9. The predicted octanol–water partition coefficient (Wildman–Crippen LogP) is 3.93. The van der Waals surface area contributed by atoms with Crippen LogP contribution in [-0.2, 0) is 14.8 Å². The van der Waals surface area contributed by atoms with Crippen LogP contribution < -0.4 is 4.72 Å². The van der Waals surface area contributed by atoms with Gasteiger partial charge in [0.1, 0.15) is 4.90 Å². The molecule has 128 valence electrons. The SMILES string of the molecule is COC(=O)c1ccc(Cl)c(S(=O)(=O)NC(C)c2ccccc2Br)c1. The van der Waals surface area contributed by atoms with Gasteiger partial charge in [-0.2, -0.15) is 0 Å². The van der Waals surface area contributed by atoms with Crippen molar-refractivity contribution in [1.29, 1.82) is 0 Å². The van der Waals surface area contributed by atoms with Crippen molar-refractivity contribution in [1.82, 2.24) is 4.72 Å². The highest BCUT2D eigenvalue weighted by molar-refractivity contribution is 9.10. The van der Waals surface area contributed by atoms with Gasteiger partial charge in [-0.15, -0.1) is 0 Å². The molecule has 0 aliphatic carbocycles. The number of hydrogen-bond donors (Lipinski definition) is 1. The molecule has 0 fully saturated rings. The maximum Gasteiger partial charge on any atom is 0.337 e. The lowest BCUT2D eigenvalue weighted by Gasteiger charge is -2.17. The molecule has 0 radical (unpaired) electrons. The first-order valence-electron chi connectivity index (χ1n) is 6.91. The van der Waals surface area contributed by atoms with Gasteiger partial charge in [-0.1, -0.05) is 45.7 Å². The fourth-order valence-corrected chi connectivity index (χ4v) is 4.52. The molecule has 0 spiro atoms. The Morgan fingerprint density at radius 3 is 2.54 bits per heavy atom. The molecule has 8 heteroatoms. The van der Waals surface area contributed by atoms with Crippen LogP contribution in [0.3, 0.4) is 0 Å². The molecule has 0 aromatic heterocycles. The Morgan fingerprint density at radius 1 is 1.25 bits per heavy atom. The van der Waals surface area contributed by atoms with E-state index < -0.39 is 22.0 Å². The molecule has 5 nitrogen and oxygen atoms in total. The number of carbonyl (C=O) groups is 1. The second kappa shape index (κ2) is 7.65. The zero-order valence-corrected chi connectivity index (χ0v) is 16.1. The van der Waals surface area contributed by atoms with Gasteiger partial charge in [0.15, 0.2) is 0 Å². The average Bonchev–Trinajstić information content (AvgIpc) is 2.54. The molecule has 0 bridgehead atoms. The molecule has 1 unspecified atom stereocenters. The summed E-state index contributed by atoms with van der Waals surface area (Å²) < 4.78 is 33.2. The standard InChI is InChI=1S/C16H15BrClNO4S/c1-10(12-5-3-4-6-13(12)17)19-24(21,22)15-9-11(16(20)23-2)7-8-14(15)18/h3-10,19H,1-2H3. The van der Waals surface area contributed by atoms with Crippen LogP contribution in [0.25, 0.3) is 0 Å². The molecule has 0 heterocycles. The highest BCUT2D eigenvalue weighted by Gasteiger charge is 2.23. The van der Waals surface area contributed by atoms with Crippen molar-refractivity contribution in [2.75, 3.05) is 7.11 Å². The number of esters is 1. The number of methoxy groups -OCH3 is 1. The molecule has 1 atom stereocenters. The third-order valence-electron chi connectivity index (χ3n) is 3.35. The Labute approximate surface area is 154 Å². The first-order chi connectivity index (χ1) is 11.3. The number of sulfonamides is 1. The van der Waals surface area contributed by atoms with E-state index in [2.05, 4.69) is 25.4 Å². The number of ether oxygens (including phenoxy) is 1. The molecule has 0 amide bonds. The molecule has 0 saturated heterocycles. The number of rotatable bonds is 5. The number of benzene rings is 2. The first kappa shape index (κ1) is 18.9. The van der Waals surface area contributed by atoms with E-state index in [1.165, 1.54) is 25.3 Å². The van der Waals surface area contributed by atoms with Gasteiger partial charge in [0.25, 0.3) is 0 Å². The van der Waals surface area contributed by atoms with Gasteiger partial charge in [-0.3, -0.25) is 0 Å². The molecular weight excluding hydrogens is 418 g/mol. The summed E-state index contributed by atoms with van der Waals surface area (Å²) in [6.07, 6.45) is 0. The summed E-state index contributed by atoms with van der Waals surface area (Å²) in [5.41, 5.74) is 0.886. The van der Waals surface area contributed by atoms with E-state index in [4.69, 9.17) is 11.6 Å². The van der Waals surface area contributed by atoms with Crippen molar-refractivity contribution in [3.63, 3.8) is 0 Å². The fourth-order valence-electron chi connectivity index (χ4n) is 2.14. The monoisotopic (exact) mass is 431 g/mol. The summed E-state index contributed by atoms with van der Waals surface area (Å²) in [4.78, 5) is 11.4. The molecule has 2 rings (SSSR count). The van der Waals surface area contributed by atoms with E-state index in [1.54, 1.807) is 6.92 Å². The number of halogens is 2. The van der Waals surface area contributed by atoms with Crippen LogP contribution in [0.1, 0.15) is 28.9 Å². The maximum atomic E-state index is 12.6. The molecule has 0 aliphatic rings. The van der Waals surface area contributed by atoms with Crippen molar-refractivity contribution in [2.24, 2.45) is 0 Å². The van der Waals surface area contributed by atoms with Crippen molar-refractivity contribution < 1.29 is 17.9 Å². The Morgan fingerprint density at radius 2 is 1.92 bits per heavy atom. The lowest BCUT2D eigenvalue weighted by Crippen LogP contribution is -2.27. The predicted molar refractivity (Wildman–Crippen MR) is 95.7 cm³/mol. The Bertz CT molecular complexity index is 870. The molecule has 2 aromatic rings. The summed E-state index contributed by atoms with van der Waals surface area (Å²) in [6, 6.07) is 10.7. The number of hydrogen-bond acceptors (Lipinski definition) is 4.